The lowest BCUT2D eigenvalue weighted by Gasteiger charge is -1.98. The van der Waals surface area contributed by atoms with E-state index in [1.54, 1.807) is 0 Å². The van der Waals surface area contributed by atoms with Gasteiger partial charge in [0, 0.05) is 5.38 Å². The maximum atomic E-state index is 11.7. The third-order valence-corrected chi connectivity index (χ3v) is 4.49. The molecular weight excluding hydrogens is 294 g/mol. The number of aromatic nitrogens is 1. The van der Waals surface area contributed by atoms with Gasteiger partial charge in [-0.05, 0) is 0 Å². The Labute approximate surface area is 112 Å². The van der Waals surface area contributed by atoms with Crippen LogP contribution < -0.4 is 4.73 Å². The highest BCUT2D eigenvalue weighted by atomic mass is 32.1. The summed E-state index contributed by atoms with van der Waals surface area (Å²) in [6, 6.07) is 0. The molecule has 0 fully saturated rings. The van der Waals surface area contributed by atoms with Crippen molar-refractivity contribution in [2.45, 2.75) is 0 Å². The van der Waals surface area contributed by atoms with Crippen molar-refractivity contribution in [2.75, 3.05) is 0 Å². The van der Waals surface area contributed by atoms with Crippen molar-refractivity contribution in [3.8, 4) is 0 Å². The smallest absolute Gasteiger partial charge is 0.339 e. The highest BCUT2D eigenvalue weighted by Crippen LogP contribution is 2.42. The number of nitro groups is 2. The standard InChI is InChI=1S/C9H3N3O5S2/c13-10-1-4-2-18-8(11(14)15)6(4)7-5(10)3-19-9(7)12(16)17/h1-3H. The van der Waals surface area contributed by atoms with Gasteiger partial charge in [0.1, 0.15) is 0 Å². The number of hydrogen-bond acceptors (Lipinski definition) is 7. The molecule has 0 saturated heterocycles. The second-order valence-corrected chi connectivity index (χ2v) is 5.36. The average Bonchev–Trinajstić information content (AvgIpc) is 2.90. The SMILES string of the molecule is O=[N+]([O-])c1scc2c[n+]([O-])c3csc([N+](=O)[O-])c3c12. The molecular formula is C9H3N3O5S2. The van der Waals surface area contributed by atoms with Crippen molar-refractivity contribution in [3.63, 3.8) is 0 Å². The molecule has 96 valence electrons. The molecule has 3 rings (SSSR count). The second kappa shape index (κ2) is 3.83. The van der Waals surface area contributed by atoms with Crippen molar-refractivity contribution < 1.29 is 14.6 Å². The van der Waals surface area contributed by atoms with E-state index in [9.17, 15) is 25.4 Å². The molecule has 0 bridgehead atoms. The summed E-state index contributed by atoms with van der Waals surface area (Å²) in [5.74, 6) is 0. The van der Waals surface area contributed by atoms with Crippen LogP contribution in [0.2, 0.25) is 0 Å². The van der Waals surface area contributed by atoms with E-state index in [0.29, 0.717) is 10.1 Å². The fraction of sp³-hybridized carbons (Fsp3) is 0. The zero-order valence-electron chi connectivity index (χ0n) is 8.93. The number of thiophene rings is 2. The average molecular weight is 297 g/mol. The summed E-state index contributed by atoms with van der Waals surface area (Å²) in [6.45, 7) is 0. The van der Waals surface area contributed by atoms with Crippen LogP contribution >= 0.6 is 22.7 Å². The highest BCUT2D eigenvalue weighted by molar-refractivity contribution is 7.16. The first kappa shape index (κ1) is 11.7. The lowest BCUT2D eigenvalue weighted by atomic mass is 10.2. The Balaban J connectivity index is 2.61. The van der Waals surface area contributed by atoms with Crippen LogP contribution in [0.3, 0.4) is 0 Å². The molecule has 0 spiro atoms. The molecule has 3 heterocycles. The molecule has 0 aliphatic rings. The van der Waals surface area contributed by atoms with E-state index in [4.69, 9.17) is 0 Å². The first-order valence-corrected chi connectivity index (χ1v) is 6.60. The zero-order chi connectivity index (χ0) is 13.7. The van der Waals surface area contributed by atoms with Gasteiger partial charge < -0.3 is 5.21 Å². The normalized spacial score (nSPS) is 11.2. The van der Waals surface area contributed by atoms with E-state index in [1.165, 1.54) is 17.0 Å². The zero-order valence-corrected chi connectivity index (χ0v) is 10.6. The summed E-state index contributed by atoms with van der Waals surface area (Å²) in [4.78, 5) is 20.7. The third-order valence-electron chi connectivity index (χ3n) is 2.63. The van der Waals surface area contributed by atoms with Gasteiger partial charge in [-0.25, -0.2) is 0 Å². The predicted molar refractivity (Wildman–Crippen MR) is 69.5 cm³/mol. The van der Waals surface area contributed by atoms with E-state index in [1.807, 2.05) is 0 Å². The van der Waals surface area contributed by atoms with Crippen LogP contribution in [0.25, 0.3) is 21.7 Å². The van der Waals surface area contributed by atoms with Crippen LogP contribution in [0.15, 0.2) is 17.0 Å². The van der Waals surface area contributed by atoms with Crippen LogP contribution in [0.4, 0.5) is 10.0 Å². The van der Waals surface area contributed by atoms with Gasteiger partial charge in [0.15, 0.2) is 11.6 Å². The van der Waals surface area contributed by atoms with Crippen LogP contribution in [0, 0.1) is 25.4 Å². The summed E-state index contributed by atoms with van der Waals surface area (Å²) in [5, 5.41) is 36.5. The molecule has 10 heteroatoms. The van der Waals surface area contributed by atoms with Gasteiger partial charge in [0.2, 0.25) is 5.52 Å². The quantitative estimate of drug-likeness (QED) is 0.312. The molecule has 0 saturated carbocycles. The summed E-state index contributed by atoms with van der Waals surface area (Å²) in [6.07, 6.45) is 1.19. The molecule has 0 unspecified atom stereocenters. The third kappa shape index (κ3) is 1.54. The number of hydrogen-bond donors (Lipinski definition) is 0. The molecule has 0 aliphatic heterocycles. The van der Waals surface area contributed by atoms with Gasteiger partial charge in [-0.15, -0.1) is 0 Å². The lowest BCUT2D eigenvalue weighted by Crippen LogP contribution is -2.25. The Morgan fingerprint density at radius 2 is 1.58 bits per heavy atom. The Morgan fingerprint density at radius 3 is 2.21 bits per heavy atom. The van der Waals surface area contributed by atoms with Crippen LogP contribution in [0.1, 0.15) is 0 Å². The topological polar surface area (TPSA) is 113 Å². The van der Waals surface area contributed by atoms with Crippen molar-refractivity contribution in [1.82, 2.24) is 0 Å². The van der Waals surface area contributed by atoms with Crippen molar-refractivity contribution in [1.29, 1.82) is 0 Å². The Morgan fingerprint density at radius 1 is 1.00 bits per heavy atom. The molecule has 0 aromatic carbocycles. The van der Waals surface area contributed by atoms with Gasteiger partial charge in [0.25, 0.3) is 0 Å². The Hall–Kier alpha value is -2.33. The Bertz CT molecular complexity index is 852. The molecule has 0 aliphatic carbocycles. The monoisotopic (exact) mass is 297 g/mol. The maximum absolute atomic E-state index is 11.7. The highest BCUT2D eigenvalue weighted by Gasteiger charge is 2.29. The molecule has 0 atom stereocenters. The van der Waals surface area contributed by atoms with E-state index >= 15 is 0 Å². The minimum Gasteiger partial charge on any atom is -0.618 e. The van der Waals surface area contributed by atoms with E-state index in [-0.39, 0.29) is 26.3 Å². The second-order valence-electron chi connectivity index (χ2n) is 3.64. The molecule has 3 aromatic rings. The summed E-state index contributed by atoms with van der Waals surface area (Å²) >= 11 is 1.63. The maximum Gasteiger partial charge on any atom is 0.339 e. The van der Waals surface area contributed by atoms with Gasteiger partial charge in [0.05, 0.1) is 26.0 Å². The number of nitrogens with zero attached hydrogens (tertiary/aromatic N) is 3. The first-order valence-electron chi connectivity index (χ1n) is 4.84. The molecule has 0 amide bonds. The lowest BCUT2D eigenvalue weighted by molar-refractivity contribution is -0.575. The van der Waals surface area contributed by atoms with Crippen molar-refractivity contribution >= 4 is 54.4 Å². The fourth-order valence-electron chi connectivity index (χ4n) is 1.91. The number of pyridine rings is 1. The fourth-order valence-corrected chi connectivity index (χ4v) is 3.60. The summed E-state index contributed by atoms with van der Waals surface area (Å²) < 4.78 is 0.498. The van der Waals surface area contributed by atoms with Crippen LogP contribution in [0.5, 0.6) is 0 Å². The van der Waals surface area contributed by atoms with E-state index < -0.39 is 9.85 Å². The molecule has 19 heavy (non-hydrogen) atoms. The first-order chi connectivity index (χ1) is 9.00. The van der Waals surface area contributed by atoms with Gasteiger partial charge >= 0.3 is 10.0 Å². The molecule has 0 radical (unpaired) electrons. The Kier molecular flexibility index (Phi) is 2.37. The van der Waals surface area contributed by atoms with E-state index in [0.717, 1.165) is 22.7 Å². The minimum absolute atomic E-state index is 0.0375. The molecule has 8 nitrogen and oxygen atoms in total. The van der Waals surface area contributed by atoms with Crippen LogP contribution in [-0.2, 0) is 0 Å². The van der Waals surface area contributed by atoms with Gasteiger partial charge in [-0.1, -0.05) is 22.7 Å². The molecule has 3 aromatic heterocycles. The largest absolute Gasteiger partial charge is 0.618 e. The van der Waals surface area contributed by atoms with Gasteiger partial charge in [-0.2, -0.15) is 4.73 Å². The van der Waals surface area contributed by atoms with Crippen molar-refractivity contribution in [2.24, 2.45) is 0 Å². The summed E-state index contributed by atoms with van der Waals surface area (Å²) in [5.41, 5.74) is 0.0747. The minimum atomic E-state index is -0.631. The summed E-state index contributed by atoms with van der Waals surface area (Å²) in [7, 11) is 0. The van der Waals surface area contributed by atoms with E-state index in [2.05, 4.69) is 0 Å². The molecule has 0 N–H and O–H groups in total. The number of rotatable bonds is 2. The number of fused-ring (bicyclic) bond motifs is 3. The van der Waals surface area contributed by atoms with Crippen LogP contribution in [-0.4, -0.2) is 9.85 Å². The predicted octanol–water partition coefficient (Wildman–Crippen LogP) is 2.57. The van der Waals surface area contributed by atoms with Crippen molar-refractivity contribution in [3.05, 3.63) is 42.4 Å². The van der Waals surface area contributed by atoms with Gasteiger partial charge in [-0.3, -0.25) is 20.2 Å².